The van der Waals surface area contributed by atoms with Crippen LogP contribution in [0.25, 0.3) is 42.4 Å². The number of rotatable bonds is 8. The smallest absolute Gasteiger partial charge is 0.322 e. The number of carboxylic acids is 2. The van der Waals surface area contributed by atoms with E-state index >= 15 is 0 Å². The third kappa shape index (κ3) is 7.56. The zero-order chi connectivity index (χ0) is 37.0. The summed E-state index contributed by atoms with van der Waals surface area (Å²) in [4.78, 5) is 53.2. The van der Waals surface area contributed by atoms with Crippen LogP contribution in [0.2, 0.25) is 0 Å². The number of carboxylic acid groups (broad SMARTS) is 2. The van der Waals surface area contributed by atoms with Crippen molar-refractivity contribution < 1.29 is 48.4 Å². The molecule has 6 aromatic rings. The Kier molecular flexibility index (Phi) is 10.5. The van der Waals surface area contributed by atoms with Crippen molar-refractivity contribution in [3.8, 4) is 39.8 Å². The molecule has 0 spiro atoms. The number of fused-ring (bicyclic) bond motifs is 2. The molecular weight excluding hydrogens is 709 g/mol. The first-order chi connectivity index (χ1) is 24.3. The molecule has 0 bridgehead atoms. The van der Waals surface area contributed by atoms with Gasteiger partial charge in [0.05, 0.1) is 9.40 Å². The van der Waals surface area contributed by atoms with E-state index < -0.39 is 54.1 Å². The minimum Gasteiger partial charge on any atom is -0.504 e. The van der Waals surface area contributed by atoms with Gasteiger partial charge in [-0.25, -0.2) is 18.7 Å². The van der Waals surface area contributed by atoms with Crippen LogP contribution in [-0.2, 0) is 9.59 Å². The van der Waals surface area contributed by atoms with Crippen molar-refractivity contribution in [2.45, 2.75) is 6.92 Å². The summed E-state index contributed by atoms with van der Waals surface area (Å²) in [6, 6.07) is 13.4. The highest BCUT2D eigenvalue weighted by Crippen LogP contribution is 2.42. The van der Waals surface area contributed by atoms with E-state index in [-0.39, 0.29) is 27.7 Å². The number of pyridine rings is 2. The molecule has 258 valence electrons. The van der Waals surface area contributed by atoms with Crippen molar-refractivity contribution in [1.82, 2.24) is 20.6 Å². The summed E-state index contributed by atoms with van der Waals surface area (Å²) in [6.07, 6.45) is 0. The number of carbonyl (C=O) groups is 4. The first kappa shape index (κ1) is 35.8. The molecule has 0 radical (unpaired) electrons. The van der Waals surface area contributed by atoms with E-state index in [0.717, 1.165) is 22.5 Å². The zero-order valence-corrected chi connectivity index (χ0v) is 27.7. The molecule has 0 aliphatic rings. The normalized spacial score (nSPS) is 10.6. The molecule has 0 atom stereocenters. The fourth-order valence-corrected chi connectivity index (χ4v) is 7.03. The predicted molar refractivity (Wildman–Crippen MR) is 183 cm³/mol. The molecule has 6 rings (SSSR count). The van der Waals surface area contributed by atoms with Crippen molar-refractivity contribution in [3.63, 3.8) is 0 Å². The van der Waals surface area contributed by atoms with Gasteiger partial charge >= 0.3 is 11.9 Å². The Labute approximate surface area is 293 Å². The number of amides is 2. The number of benzene rings is 2. The molecule has 17 heteroatoms. The van der Waals surface area contributed by atoms with Gasteiger partial charge in [-0.05, 0) is 42.3 Å². The lowest BCUT2D eigenvalue weighted by molar-refractivity contribution is -0.136. The van der Waals surface area contributed by atoms with E-state index in [4.69, 9.17) is 10.2 Å². The molecule has 13 nitrogen and oxygen atoms in total. The topological polar surface area (TPSA) is 223 Å². The number of aromatic nitrogens is 2. The summed E-state index contributed by atoms with van der Waals surface area (Å²) < 4.78 is 27.0. The van der Waals surface area contributed by atoms with Crippen LogP contribution in [0, 0.1) is 29.9 Å². The van der Waals surface area contributed by atoms with Gasteiger partial charge in [0.2, 0.25) is 0 Å². The van der Waals surface area contributed by atoms with Crippen molar-refractivity contribution in [2.24, 2.45) is 0 Å². The van der Waals surface area contributed by atoms with Crippen LogP contribution in [0.4, 0.5) is 8.78 Å². The molecule has 0 aliphatic carbocycles. The van der Waals surface area contributed by atoms with Crippen molar-refractivity contribution in [3.05, 3.63) is 93.7 Å². The van der Waals surface area contributed by atoms with Gasteiger partial charge in [-0.15, -0.1) is 22.7 Å². The zero-order valence-electron chi connectivity index (χ0n) is 26.0. The highest BCUT2D eigenvalue weighted by atomic mass is 32.1. The van der Waals surface area contributed by atoms with Crippen LogP contribution < -0.4 is 10.6 Å². The molecule has 2 amide bonds. The average molecular weight is 732 g/mol. The molecule has 0 unspecified atom stereocenters. The number of halogens is 2. The monoisotopic (exact) mass is 731 g/mol. The highest BCUT2D eigenvalue weighted by Gasteiger charge is 2.24. The fraction of sp³-hybridized carbons (Fsp3) is 0.0882. The number of aryl methyl sites for hydroxylation is 1. The second-order valence-corrected chi connectivity index (χ2v) is 12.3. The highest BCUT2D eigenvalue weighted by molar-refractivity contribution is 7.18. The number of carbonyl (C=O) groups excluding carboxylic acids is 2. The van der Waals surface area contributed by atoms with Gasteiger partial charge in [0.25, 0.3) is 11.8 Å². The Bertz CT molecular complexity index is 2390. The van der Waals surface area contributed by atoms with Crippen LogP contribution >= 0.6 is 22.7 Å². The summed E-state index contributed by atoms with van der Waals surface area (Å²) >= 11 is 2.32. The molecule has 0 aliphatic heterocycles. The fourth-order valence-electron chi connectivity index (χ4n) is 4.93. The summed E-state index contributed by atoms with van der Waals surface area (Å²) in [5, 5.41) is 56.2. The molecule has 51 heavy (non-hydrogen) atoms. The molecule has 4 aromatic heterocycles. The van der Waals surface area contributed by atoms with Gasteiger partial charge < -0.3 is 31.1 Å². The van der Waals surface area contributed by atoms with Crippen LogP contribution in [0.5, 0.6) is 11.5 Å². The van der Waals surface area contributed by atoms with Gasteiger partial charge in [0.1, 0.15) is 30.8 Å². The van der Waals surface area contributed by atoms with E-state index in [1.165, 1.54) is 47.7 Å². The van der Waals surface area contributed by atoms with Crippen LogP contribution in [0.1, 0.15) is 32.4 Å². The van der Waals surface area contributed by atoms with Crippen molar-refractivity contribution in [2.75, 3.05) is 13.1 Å². The quantitative estimate of drug-likeness (QED) is 0.116. The first-order valence-electron chi connectivity index (χ1n) is 14.5. The largest absolute Gasteiger partial charge is 0.504 e. The van der Waals surface area contributed by atoms with Gasteiger partial charge in [-0.2, -0.15) is 5.26 Å². The molecule has 4 heterocycles. The SMILES string of the molecule is Cc1nc(C(=O)NCC(=O)O)c(O)c2scc(-c3ccc(F)cc3)c12.N#Cc1nc(C(=O)NCC(=O)O)c(O)c2scc(-c3ccc(F)cc3)c12. The molecular formula is C34H23F2N5O8S2. The maximum absolute atomic E-state index is 13.1. The third-order valence-electron chi connectivity index (χ3n) is 7.21. The molecule has 0 saturated heterocycles. The Morgan fingerprint density at radius 2 is 1.14 bits per heavy atom. The molecule has 0 saturated carbocycles. The van der Waals surface area contributed by atoms with E-state index in [1.807, 2.05) is 6.07 Å². The number of hydrogen-bond donors (Lipinski definition) is 6. The minimum atomic E-state index is -1.26. The van der Waals surface area contributed by atoms with Gasteiger partial charge in [-0.3, -0.25) is 19.2 Å². The van der Waals surface area contributed by atoms with Gasteiger partial charge in [0, 0.05) is 38.4 Å². The van der Waals surface area contributed by atoms with Gasteiger partial charge in [0.15, 0.2) is 28.6 Å². The second-order valence-electron chi connectivity index (χ2n) is 10.5. The lowest BCUT2D eigenvalue weighted by Gasteiger charge is -2.08. The standard InChI is InChI=1S/C17H10FN3O4S.C17H13FN2O4S/c18-9-3-1-8(2-4-9)10-7-26-16-13(10)11(5-19)21-14(15(16)24)17(25)20-6-12(22)23;1-8-13-11(9-2-4-10(18)5-3-9)7-25-16(13)15(23)14(20-8)17(24)19-6-12(21)22/h1-4,7,24H,6H2,(H,20,25)(H,22,23);2-5,7,23H,6H2,1H3,(H,19,24)(H,21,22). The third-order valence-corrected chi connectivity index (χ3v) is 9.18. The average Bonchev–Trinajstić information content (AvgIpc) is 3.76. The number of aromatic hydroxyl groups is 2. The minimum absolute atomic E-state index is 0.0983. The van der Waals surface area contributed by atoms with Crippen LogP contribution in [0.15, 0.2) is 59.3 Å². The Hall–Kier alpha value is -6.51. The summed E-state index contributed by atoms with van der Waals surface area (Å²) in [5.74, 6) is -5.62. The molecule has 0 fully saturated rings. The number of nitrogens with one attached hydrogen (secondary N) is 2. The number of nitrogens with zero attached hydrogens (tertiary/aromatic N) is 3. The Balaban J connectivity index is 0.000000198. The van der Waals surface area contributed by atoms with Crippen molar-refractivity contribution >= 4 is 66.6 Å². The summed E-state index contributed by atoms with van der Waals surface area (Å²) in [7, 11) is 0. The van der Waals surface area contributed by atoms with E-state index in [0.29, 0.717) is 32.3 Å². The lowest BCUT2D eigenvalue weighted by Crippen LogP contribution is -2.30. The number of hydrogen-bond acceptors (Lipinski definition) is 11. The lowest BCUT2D eigenvalue weighted by atomic mass is 10.0. The van der Waals surface area contributed by atoms with Gasteiger partial charge in [-0.1, -0.05) is 24.3 Å². The number of nitriles is 1. The molecule has 2 aromatic carbocycles. The first-order valence-corrected chi connectivity index (χ1v) is 16.2. The number of aliphatic carboxylic acids is 2. The summed E-state index contributed by atoms with van der Waals surface area (Å²) in [6.45, 7) is 0.475. The van der Waals surface area contributed by atoms with E-state index in [1.54, 1.807) is 29.8 Å². The Morgan fingerprint density at radius 1 is 0.725 bits per heavy atom. The molecule has 6 N–H and O–H groups in total. The van der Waals surface area contributed by atoms with Crippen molar-refractivity contribution in [1.29, 1.82) is 5.26 Å². The summed E-state index contributed by atoms with van der Waals surface area (Å²) in [5.41, 5.74) is 2.49. The maximum Gasteiger partial charge on any atom is 0.322 e. The predicted octanol–water partition coefficient (Wildman–Crippen LogP) is 5.42. The second kappa shape index (κ2) is 14.9. The van der Waals surface area contributed by atoms with Crippen LogP contribution in [0.3, 0.4) is 0 Å². The van der Waals surface area contributed by atoms with Crippen LogP contribution in [-0.4, -0.2) is 67.2 Å². The maximum atomic E-state index is 13.1. The van der Waals surface area contributed by atoms with E-state index in [9.17, 15) is 43.4 Å². The Morgan fingerprint density at radius 3 is 1.57 bits per heavy atom. The van der Waals surface area contributed by atoms with E-state index in [2.05, 4.69) is 20.6 Å². The number of thiophene rings is 2.